The molecule has 0 radical (unpaired) electrons. The van der Waals surface area contributed by atoms with Crippen LogP contribution in [-0.2, 0) is 6.54 Å². The summed E-state index contributed by atoms with van der Waals surface area (Å²) >= 11 is 0. The number of nitrogens with one attached hydrogen (secondary N) is 1. The Morgan fingerprint density at radius 2 is 1.92 bits per heavy atom. The van der Waals surface area contributed by atoms with Crippen molar-refractivity contribution < 1.29 is 14.3 Å². The first-order chi connectivity index (χ1) is 11.6. The van der Waals surface area contributed by atoms with Crippen LogP contribution in [0.2, 0.25) is 0 Å². The number of anilines is 1. The molecule has 0 unspecified atom stereocenters. The first kappa shape index (κ1) is 16.2. The predicted molar refractivity (Wildman–Crippen MR) is 93.6 cm³/mol. The molecule has 1 heterocycles. The molecule has 0 saturated carbocycles. The molecule has 0 atom stereocenters. The van der Waals surface area contributed by atoms with Gasteiger partial charge in [-0.15, -0.1) is 0 Å². The second kappa shape index (κ2) is 6.83. The van der Waals surface area contributed by atoms with Gasteiger partial charge in [0.2, 0.25) is 6.79 Å². The first-order valence-corrected chi connectivity index (χ1v) is 8.08. The van der Waals surface area contributed by atoms with Crippen LogP contribution in [0.25, 0.3) is 0 Å². The van der Waals surface area contributed by atoms with E-state index in [0.29, 0.717) is 13.1 Å². The topological polar surface area (TPSA) is 50.8 Å². The molecule has 0 bridgehead atoms. The van der Waals surface area contributed by atoms with Gasteiger partial charge >= 0.3 is 6.03 Å². The number of hydrogen-bond acceptors (Lipinski definition) is 3. The van der Waals surface area contributed by atoms with Gasteiger partial charge in [0.25, 0.3) is 0 Å². The van der Waals surface area contributed by atoms with Gasteiger partial charge < -0.3 is 19.7 Å². The van der Waals surface area contributed by atoms with E-state index in [9.17, 15) is 4.79 Å². The van der Waals surface area contributed by atoms with Crippen molar-refractivity contribution in [2.75, 3.05) is 18.7 Å². The molecular formula is C19H22N2O3. The minimum Gasteiger partial charge on any atom is -0.454 e. The monoisotopic (exact) mass is 326 g/mol. The number of carbonyl (C=O) groups excluding carboxylic acids is 1. The van der Waals surface area contributed by atoms with Gasteiger partial charge in [-0.1, -0.05) is 23.8 Å². The van der Waals surface area contributed by atoms with Crippen LogP contribution < -0.4 is 14.8 Å². The molecule has 0 aromatic heterocycles. The highest BCUT2D eigenvalue weighted by molar-refractivity contribution is 5.90. The van der Waals surface area contributed by atoms with Crippen molar-refractivity contribution >= 4 is 11.7 Å². The van der Waals surface area contributed by atoms with Gasteiger partial charge in [0, 0.05) is 18.8 Å². The third-order valence-electron chi connectivity index (χ3n) is 4.10. The van der Waals surface area contributed by atoms with Crippen molar-refractivity contribution in [1.29, 1.82) is 0 Å². The van der Waals surface area contributed by atoms with Gasteiger partial charge in [0.05, 0.1) is 0 Å². The molecule has 2 aromatic carbocycles. The van der Waals surface area contributed by atoms with E-state index in [4.69, 9.17) is 9.47 Å². The molecule has 2 amide bonds. The zero-order chi connectivity index (χ0) is 17.1. The van der Waals surface area contributed by atoms with E-state index in [-0.39, 0.29) is 12.8 Å². The van der Waals surface area contributed by atoms with E-state index in [2.05, 4.69) is 11.4 Å². The Balaban J connectivity index is 1.70. The summed E-state index contributed by atoms with van der Waals surface area (Å²) in [6, 6.07) is 11.7. The second-order valence-corrected chi connectivity index (χ2v) is 5.95. The summed E-state index contributed by atoms with van der Waals surface area (Å²) in [6.07, 6.45) is 0. The average Bonchev–Trinajstić information content (AvgIpc) is 3.02. The summed E-state index contributed by atoms with van der Waals surface area (Å²) in [5.74, 6) is 1.49. The summed E-state index contributed by atoms with van der Waals surface area (Å²) in [6.45, 7) is 7.39. The van der Waals surface area contributed by atoms with E-state index >= 15 is 0 Å². The number of carbonyl (C=O) groups is 1. The van der Waals surface area contributed by atoms with Gasteiger partial charge in [0.15, 0.2) is 11.5 Å². The van der Waals surface area contributed by atoms with E-state index in [1.165, 1.54) is 5.56 Å². The SMILES string of the molecule is CCN(Cc1ccc2c(c1)OCO2)C(=O)Nc1ccc(C)cc1C. The minimum absolute atomic E-state index is 0.109. The summed E-state index contributed by atoms with van der Waals surface area (Å²) in [4.78, 5) is 14.3. The number of benzene rings is 2. The zero-order valence-electron chi connectivity index (χ0n) is 14.3. The second-order valence-electron chi connectivity index (χ2n) is 5.95. The molecule has 0 saturated heterocycles. The Morgan fingerprint density at radius 3 is 2.67 bits per heavy atom. The quantitative estimate of drug-likeness (QED) is 0.921. The van der Waals surface area contributed by atoms with Gasteiger partial charge in [-0.2, -0.15) is 0 Å². The average molecular weight is 326 g/mol. The summed E-state index contributed by atoms with van der Waals surface area (Å²) in [5.41, 5.74) is 4.09. The van der Waals surface area contributed by atoms with Crippen LogP contribution in [0.3, 0.4) is 0 Å². The third-order valence-corrected chi connectivity index (χ3v) is 4.10. The van der Waals surface area contributed by atoms with Crippen molar-refractivity contribution in [3.63, 3.8) is 0 Å². The van der Waals surface area contributed by atoms with Gasteiger partial charge in [-0.05, 0) is 50.1 Å². The maximum atomic E-state index is 12.6. The molecule has 0 aliphatic carbocycles. The number of amides is 2. The lowest BCUT2D eigenvalue weighted by Crippen LogP contribution is -2.34. The molecule has 126 valence electrons. The zero-order valence-corrected chi connectivity index (χ0v) is 14.3. The number of fused-ring (bicyclic) bond motifs is 1. The van der Waals surface area contributed by atoms with E-state index in [1.807, 2.05) is 51.1 Å². The molecule has 2 aromatic rings. The van der Waals surface area contributed by atoms with Crippen molar-refractivity contribution in [3.05, 3.63) is 53.1 Å². The molecule has 1 N–H and O–H groups in total. The van der Waals surface area contributed by atoms with Crippen LogP contribution in [0.5, 0.6) is 11.5 Å². The highest BCUT2D eigenvalue weighted by Crippen LogP contribution is 2.32. The fraction of sp³-hybridized carbons (Fsp3) is 0.316. The first-order valence-electron chi connectivity index (χ1n) is 8.08. The summed E-state index contributed by atoms with van der Waals surface area (Å²) in [5, 5.41) is 2.99. The standard InChI is InChI=1S/C19H22N2O3/c1-4-21(11-15-6-8-17-18(10-15)24-12-23-17)19(22)20-16-7-5-13(2)9-14(16)3/h5-10H,4,11-12H2,1-3H3,(H,20,22). The molecule has 5 heteroatoms. The molecule has 1 aliphatic rings. The Bertz CT molecular complexity index is 758. The van der Waals surface area contributed by atoms with E-state index in [0.717, 1.165) is 28.3 Å². The Hall–Kier alpha value is -2.69. The number of hydrogen-bond donors (Lipinski definition) is 1. The van der Waals surface area contributed by atoms with E-state index < -0.39 is 0 Å². The summed E-state index contributed by atoms with van der Waals surface area (Å²) in [7, 11) is 0. The smallest absolute Gasteiger partial charge is 0.322 e. The normalized spacial score (nSPS) is 12.1. The molecule has 0 fully saturated rings. The van der Waals surface area contributed by atoms with Crippen LogP contribution in [0, 0.1) is 13.8 Å². The largest absolute Gasteiger partial charge is 0.454 e. The van der Waals surface area contributed by atoms with Crippen molar-refractivity contribution in [2.24, 2.45) is 0 Å². The number of urea groups is 1. The predicted octanol–water partition coefficient (Wildman–Crippen LogP) is 4.09. The molecule has 3 rings (SSSR count). The summed E-state index contributed by atoms with van der Waals surface area (Å²) < 4.78 is 10.7. The minimum atomic E-state index is -0.109. The van der Waals surface area contributed by atoms with Gasteiger partial charge in [-0.25, -0.2) is 4.79 Å². The Morgan fingerprint density at radius 1 is 1.12 bits per heavy atom. The fourth-order valence-electron chi connectivity index (χ4n) is 2.74. The maximum absolute atomic E-state index is 12.6. The third kappa shape index (κ3) is 3.45. The maximum Gasteiger partial charge on any atom is 0.322 e. The van der Waals surface area contributed by atoms with Gasteiger partial charge in [0.1, 0.15) is 0 Å². The highest BCUT2D eigenvalue weighted by atomic mass is 16.7. The van der Waals surface area contributed by atoms with Crippen molar-refractivity contribution in [3.8, 4) is 11.5 Å². The molecular weight excluding hydrogens is 304 g/mol. The van der Waals surface area contributed by atoms with Crippen LogP contribution >= 0.6 is 0 Å². The van der Waals surface area contributed by atoms with Gasteiger partial charge in [-0.3, -0.25) is 0 Å². The number of nitrogens with zero attached hydrogens (tertiary/aromatic N) is 1. The molecule has 24 heavy (non-hydrogen) atoms. The van der Waals surface area contributed by atoms with E-state index in [1.54, 1.807) is 4.90 Å². The highest BCUT2D eigenvalue weighted by Gasteiger charge is 2.17. The Kier molecular flexibility index (Phi) is 4.60. The molecule has 1 aliphatic heterocycles. The molecule has 0 spiro atoms. The number of aryl methyl sites for hydroxylation is 2. The van der Waals surface area contributed by atoms with Crippen molar-refractivity contribution in [2.45, 2.75) is 27.3 Å². The van der Waals surface area contributed by atoms with Crippen LogP contribution in [0.4, 0.5) is 10.5 Å². The van der Waals surface area contributed by atoms with Crippen molar-refractivity contribution in [1.82, 2.24) is 4.90 Å². The lowest BCUT2D eigenvalue weighted by Gasteiger charge is -2.22. The number of ether oxygens (including phenoxy) is 2. The van der Waals surface area contributed by atoms with Crippen LogP contribution in [0.1, 0.15) is 23.6 Å². The fourth-order valence-corrected chi connectivity index (χ4v) is 2.74. The van der Waals surface area contributed by atoms with Crippen LogP contribution in [0.15, 0.2) is 36.4 Å². The lowest BCUT2D eigenvalue weighted by molar-refractivity contribution is 0.174. The lowest BCUT2D eigenvalue weighted by atomic mass is 10.1. The van der Waals surface area contributed by atoms with Crippen LogP contribution in [-0.4, -0.2) is 24.3 Å². The molecule has 5 nitrogen and oxygen atoms in total. The Labute approximate surface area is 142 Å². The number of rotatable bonds is 4.